The van der Waals surface area contributed by atoms with Gasteiger partial charge in [0.25, 0.3) is 0 Å². The molecule has 0 aliphatic rings. The first-order chi connectivity index (χ1) is 5.89. The Kier molecular flexibility index (Phi) is 2.79. The smallest absolute Gasteiger partial charge is 0.0543 e. The third kappa shape index (κ3) is 2.87. The van der Waals surface area contributed by atoms with Crippen LogP contribution in [-0.2, 0) is 12.0 Å². The minimum absolute atomic E-state index is 0.106. The van der Waals surface area contributed by atoms with E-state index in [-0.39, 0.29) is 5.54 Å². The van der Waals surface area contributed by atoms with E-state index in [1.54, 1.807) is 0 Å². The van der Waals surface area contributed by atoms with Crippen LogP contribution in [0.1, 0.15) is 40.2 Å². The topological polar surface area (TPSA) is 17.8 Å². The second-order valence-electron chi connectivity index (χ2n) is 5.06. The molecule has 0 fully saturated rings. The van der Waals surface area contributed by atoms with Gasteiger partial charge < -0.3 is 0 Å². The third-order valence-corrected chi connectivity index (χ3v) is 1.97. The zero-order valence-corrected chi connectivity index (χ0v) is 9.33. The molecule has 13 heavy (non-hydrogen) atoms. The number of aromatic nitrogens is 2. The van der Waals surface area contributed by atoms with Gasteiger partial charge in [0.05, 0.1) is 11.7 Å². The van der Waals surface area contributed by atoms with E-state index in [1.165, 1.54) is 5.56 Å². The maximum Gasteiger partial charge on any atom is 0.0543 e. The molecule has 0 N–H and O–H groups in total. The van der Waals surface area contributed by atoms with Crippen molar-refractivity contribution in [2.45, 2.75) is 46.6 Å². The Morgan fingerprint density at radius 3 is 2.38 bits per heavy atom. The molecule has 1 aromatic heterocycles. The summed E-state index contributed by atoms with van der Waals surface area (Å²) >= 11 is 0. The molecule has 0 aromatic carbocycles. The van der Waals surface area contributed by atoms with Gasteiger partial charge in [-0.25, -0.2) is 0 Å². The van der Waals surface area contributed by atoms with E-state index in [9.17, 15) is 0 Å². The van der Waals surface area contributed by atoms with E-state index in [1.807, 2.05) is 10.9 Å². The third-order valence-electron chi connectivity index (χ3n) is 1.97. The summed E-state index contributed by atoms with van der Waals surface area (Å²) in [6.45, 7) is 11.0. The van der Waals surface area contributed by atoms with Crippen LogP contribution in [0.25, 0.3) is 0 Å². The summed E-state index contributed by atoms with van der Waals surface area (Å²) in [6, 6.07) is 0. The van der Waals surface area contributed by atoms with Gasteiger partial charge in [0.1, 0.15) is 0 Å². The molecule has 0 unspecified atom stereocenters. The van der Waals surface area contributed by atoms with Crippen molar-refractivity contribution in [2.75, 3.05) is 0 Å². The summed E-state index contributed by atoms with van der Waals surface area (Å²) in [6.07, 6.45) is 5.25. The Morgan fingerprint density at radius 2 is 2.00 bits per heavy atom. The predicted molar refractivity (Wildman–Crippen MR) is 55.8 cm³/mol. The maximum absolute atomic E-state index is 4.36. The van der Waals surface area contributed by atoms with Crippen LogP contribution in [0.4, 0.5) is 0 Å². The van der Waals surface area contributed by atoms with Crippen molar-refractivity contribution in [3.63, 3.8) is 0 Å². The monoisotopic (exact) mass is 180 g/mol. The summed E-state index contributed by atoms with van der Waals surface area (Å²) in [5, 5.41) is 4.36. The molecule has 1 rings (SSSR count). The standard InChI is InChI=1S/C11H20N2/c1-9(2)6-10-7-12-13(8-10)11(3,4)5/h7-9H,6H2,1-5H3. The fourth-order valence-corrected chi connectivity index (χ4v) is 1.30. The molecule has 0 saturated carbocycles. The first kappa shape index (κ1) is 10.3. The predicted octanol–water partition coefficient (Wildman–Crippen LogP) is 2.84. The van der Waals surface area contributed by atoms with Gasteiger partial charge in [0.15, 0.2) is 0 Å². The van der Waals surface area contributed by atoms with Gasteiger partial charge in [-0.15, -0.1) is 0 Å². The highest BCUT2D eigenvalue weighted by Crippen LogP contribution is 2.14. The van der Waals surface area contributed by atoms with Crippen LogP contribution >= 0.6 is 0 Å². The van der Waals surface area contributed by atoms with Crippen LogP contribution in [0.3, 0.4) is 0 Å². The van der Waals surface area contributed by atoms with Crippen molar-refractivity contribution in [3.05, 3.63) is 18.0 Å². The fourth-order valence-electron chi connectivity index (χ4n) is 1.30. The Balaban J connectivity index is 2.75. The Hall–Kier alpha value is -0.790. The van der Waals surface area contributed by atoms with Gasteiger partial charge in [-0.05, 0) is 38.7 Å². The second-order valence-corrected chi connectivity index (χ2v) is 5.06. The quantitative estimate of drug-likeness (QED) is 0.684. The molecule has 74 valence electrons. The average Bonchev–Trinajstić information content (AvgIpc) is 2.32. The normalized spacial score (nSPS) is 12.5. The largest absolute Gasteiger partial charge is 0.267 e. The van der Waals surface area contributed by atoms with Crippen LogP contribution < -0.4 is 0 Å². The molecular formula is C11H20N2. The lowest BCUT2D eigenvalue weighted by Crippen LogP contribution is -2.21. The average molecular weight is 180 g/mol. The molecule has 0 aliphatic heterocycles. The molecule has 0 atom stereocenters. The van der Waals surface area contributed by atoms with Gasteiger partial charge in [0, 0.05) is 6.20 Å². The molecule has 0 bridgehead atoms. The first-order valence-corrected chi connectivity index (χ1v) is 4.93. The number of hydrogen-bond donors (Lipinski definition) is 0. The minimum atomic E-state index is 0.106. The lowest BCUT2D eigenvalue weighted by molar-refractivity contribution is 0.355. The van der Waals surface area contributed by atoms with E-state index in [4.69, 9.17) is 0 Å². The molecule has 2 nitrogen and oxygen atoms in total. The zero-order valence-electron chi connectivity index (χ0n) is 9.33. The van der Waals surface area contributed by atoms with E-state index < -0.39 is 0 Å². The lowest BCUT2D eigenvalue weighted by atomic mass is 10.1. The van der Waals surface area contributed by atoms with Crippen molar-refractivity contribution in [1.29, 1.82) is 0 Å². The van der Waals surface area contributed by atoms with Crippen LogP contribution in [0.15, 0.2) is 12.4 Å². The van der Waals surface area contributed by atoms with E-state index >= 15 is 0 Å². The molecule has 2 heteroatoms. The van der Waals surface area contributed by atoms with Crippen LogP contribution in [0.2, 0.25) is 0 Å². The molecule has 0 saturated heterocycles. The van der Waals surface area contributed by atoms with Gasteiger partial charge >= 0.3 is 0 Å². The highest BCUT2D eigenvalue weighted by molar-refractivity contribution is 5.05. The van der Waals surface area contributed by atoms with E-state index in [0.717, 1.165) is 6.42 Å². The van der Waals surface area contributed by atoms with Crippen molar-refractivity contribution >= 4 is 0 Å². The van der Waals surface area contributed by atoms with E-state index in [0.29, 0.717) is 5.92 Å². The Bertz CT molecular complexity index is 266. The highest BCUT2D eigenvalue weighted by atomic mass is 15.3. The molecular weight excluding hydrogens is 160 g/mol. The summed E-state index contributed by atoms with van der Waals surface area (Å²) in [7, 11) is 0. The van der Waals surface area contributed by atoms with Crippen molar-refractivity contribution < 1.29 is 0 Å². The summed E-state index contributed by atoms with van der Waals surface area (Å²) < 4.78 is 2.03. The second kappa shape index (κ2) is 3.52. The van der Waals surface area contributed by atoms with Crippen molar-refractivity contribution in [2.24, 2.45) is 5.92 Å². The van der Waals surface area contributed by atoms with Crippen LogP contribution in [0.5, 0.6) is 0 Å². The summed E-state index contributed by atoms with van der Waals surface area (Å²) in [5.41, 5.74) is 1.44. The van der Waals surface area contributed by atoms with Crippen molar-refractivity contribution in [3.8, 4) is 0 Å². The summed E-state index contributed by atoms with van der Waals surface area (Å²) in [4.78, 5) is 0. The molecule has 0 amide bonds. The SMILES string of the molecule is CC(C)Cc1cnn(C(C)(C)C)c1. The molecule has 0 aliphatic carbocycles. The van der Waals surface area contributed by atoms with E-state index in [2.05, 4.69) is 45.9 Å². The minimum Gasteiger partial charge on any atom is -0.267 e. The lowest BCUT2D eigenvalue weighted by Gasteiger charge is -2.18. The maximum atomic E-state index is 4.36. The van der Waals surface area contributed by atoms with Crippen molar-refractivity contribution in [1.82, 2.24) is 9.78 Å². The molecule has 0 radical (unpaired) electrons. The highest BCUT2D eigenvalue weighted by Gasteiger charge is 2.13. The van der Waals surface area contributed by atoms with Gasteiger partial charge in [-0.2, -0.15) is 5.10 Å². The number of rotatable bonds is 2. The first-order valence-electron chi connectivity index (χ1n) is 4.93. The summed E-state index contributed by atoms with van der Waals surface area (Å²) in [5.74, 6) is 0.706. The van der Waals surface area contributed by atoms with Crippen LogP contribution in [0, 0.1) is 5.92 Å². The number of hydrogen-bond acceptors (Lipinski definition) is 1. The fraction of sp³-hybridized carbons (Fsp3) is 0.727. The Morgan fingerprint density at radius 1 is 1.38 bits per heavy atom. The number of nitrogens with zero attached hydrogens (tertiary/aromatic N) is 2. The molecule has 0 spiro atoms. The van der Waals surface area contributed by atoms with Gasteiger partial charge in [0.2, 0.25) is 0 Å². The van der Waals surface area contributed by atoms with Gasteiger partial charge in [-0.3, -0.25) is 4.68 Å². The zero-order chi connectivity index (χ0) is 10.1. The molecule has 1 heterocycles. The Labute approximate surface area is 81.0 Å². The van der Waals surface area contributed by atoms with Crippen LogP contribution in [-0.4, -0.2) is 9.78 Å². The van der Waals surface area contributed by atoms with Gasteiger partial charge in [-0.1, -0.05) is 13.8 Å². The molecule has 1 aromatic rings.